The van der Waals surface area contributed by atoms with Crippen LogP contribution in [-0.2, 0) is 0 Å². The van der Waals surface area contributed by atoms with Gasteiger partial charge in [0, 0.05) is 18.4 Å². The first-order chi connectivity index (χ1) is 6.22. The monoisotopic (exact) mass is 205 g/mol. The summed E-state index contributed by atoms with van der Waals surface area (Å²) in [6, 6.07) is 0.670. The number of rotatable bonds is 8. The van der Waals surface area contributed by atoms with Gasteiger partial charge in [-0.15, -0.1) is 0 Å². The molecule has 0 aliphatic carbocycles. The minimum Gasteiger partial charge on any atom is -0.396 e. The number of hydrogen-bond acceptors (Lipinski definition) is 3. The maximum Gasteiger partial charge on any atom is 0.0431 e. The molecule has 0 aliphatic rings. The summed E-state index contributed by atoms with van der Waals surface area (Å²) in [6.07, 6.45) is 5.45. The van der Waals surface area contributed by atoms with Crippen molar-refractivity contribution in [1.29, 1.82) is 0 Å². The lowest BCUT2D eigenvalue weighted by atomic mass is 10.2. The van der Waals surface area contributed by atoms with Gasteiger partial charge in [-0.25, -0.2) is 0 Å². The molecule has 1 N–H and O–H groups in total. The van der Waals surface area contributed by atoms with Crippen molar-refractivity contribution < 1.29 is 5.11 Å². The summed E-state index contributed by atoms with van der Waals surface area (Å²) in [6.45, 7) is 3.76. The third-order valence-electron chi connectivity index (χ3n) is 2.33. The van der Waals surface area contributed by atoms with Gasteiger partial charge >= 0.3 is 0 Å². The van der Waals surface area contributed by atoms with Gasteiger partial charge in [-0.2, -0.15) is 11.8 Å². The highest BCUT2D eigenvalue weighted by Crippen LogP contribution is 2.05. The standard InChI is InChI=1S/C10H23NOS/c1-10(9-13-3)11(2)7-5-4-6-8-12/h10,12H,4-9H2,1-3H3. The Kier molecular flexibility index (Phi) is 9.03. The van der Waals surface area contributed by atoms with E-state index in [0.29, 0.717) is 12.6 Å². The van der Waals surface area contributed by atoms with Crippen LogP contribution in [0.2, 0.25) is 0 Å². The van der Waals surface area contributed by atoms with Gasteiger partial charge < -0.3 is 10.0 Å². The van der Waals surface area contributed by atoms with E-state index in [1.165, 1.54) is 12.2 Å². The van der Waals surface area contributed by atoms with Crippen LogP contribution in [0.15, 0.2) is 0 Å². The number of nitrogens with zero attached hydrogens (tertiary/aromatic N) is 1. The topological polar surface area (TPSA) is 23.5 Å². The van der Waals surface area contributed by atoms with Gasteiger partial charge in [-0.05, 0) is 46.0 Å². The summed E-state index contributed by atoms with van der Waals surface area (Å²) < 4.78 is 0. The van der Waals surface area contributed by atoms with Crippen LogP contribution in [0, 0.1) is 0 Å². The first-order valence-electron chi connectivity index (χ1n) is 5.02. The van der Waals surface area contributed by atoms with E-state index in [1.54, 1.807) is 0 Å². The molecular weight excluding hydrogens is 182 g/mol. The molecule has 1 unspecified atom stereocenters. The zero-order valence-corrected chi connectivity index (χ0v) is 9.94. The molecule has 0 amide bonds. The molecule has 0 rings (SSSR count). The zero-order valence-electron chi connectivity index (χ0n) is 9.12. The molecule has 0 aromatic rings. The fourth-order valence-electron chi connectivity index (χ4n) is 1.24. The molecule has 80 valence electrons. The Bertz CT molecular complexity index is 111. The third kappa shape index (κ3) is 7.35. The van der Waals surface area contributed by atoms with Crippen molar-refractivity contribution in [3.05, 3.63) is 0 Å². The van der Waals surface area contributed by atoms with Crippen molar-refractivity contribution >= 4 is 11.8 Å². The number of unbranched alkanes of at least 4 members (excludes halogenated alkanes) is 2. The molecule has 3 heteroatoms. The van der Waals surface area contributed by atoms with E-state index in [9.17, 15) is 0 Å². The molecule has 2 nitrogen and oxygen atoms in total. The molecule has 1 atom stereocenters. The predicted octanol–water partition coefficient (Wildman–Crippen LogP) is 1.83. The van der Waals surface area contributed by atoms with E-state index in [-0.39, 0.29) is 0 Å². The molecular formula is C10H23NOS. The second kappa shape index (κ2) is 8.85. The minimum absolute atomic E-state index is 0.337. The molecule has 0 aromatic carbocycles. The summed E-state index contributed by atoms with van der Waals surface area (Å²) in [5, 5.41) is 8.61. The summed E-state index contributed by atoms with van der Waals surface area (Å²) in [4.78, 5) is 2.40. The molecule has 13 heavy (non-hydrogen) atoms. The van der Waals surface area contributed by atoms with E-state index in [2.05, 4.69) is 25.1 Å². The van der Waals surface area contributed by atoms with E-state index in [4.69, 9.17) is 5.11 Å². The smallest absolute Gasteiger partial charge is 0.0431 e. The number of aliphatic hydroxyl groups excluding tert-OH is 1. The van der Waals surface area contributed by atoms with Crippen molar-refractivity contribution in [2.75, 3.05) is 32.2 Å². The summed E-state index contributed by atoms with van der Waals surface area (Å²) in [5.41, 5.74) is 0. The van der Waals surface area contributed by atoms with Gasteiger partial charge in [-0.3, -0.25) is 0 Å². The highest BCUT2D eigenvalue weighted by Gasteiger charge is 2.06. The van der Waals surface area contributed by atoms with Gasteiger partial charge in [0.15, 0.2) is 0 Å². The van der Waals surface area contributed by atoms with Crippen LogP contribution in [0.4, 0.5) is 0 Å². The van der Waals surface area contributed by atoms with Gasteiger partial charge in [-0.1, -0.05) is 0 Å². The summed E-state index contributed by atoms with van der Waals surface area (Å²) in [5.74, 6) is 1.20. The zero-order chi connectivity index (χ0) is 10.1. The molecule has 0 radical (unpaired) electrons. The van der Waals surface area contributed by atoms with Gasteiger partial charge in [0.1, 0.15) is 0 Å². The highest BCUT2D eigenvalue weighted by molar-refractivity contribution is 7.98. The SMILES string of the molecule is CSCC(C)N(C)CCCCCO. The maximum absolute atomic E-state index is 8.61. The van der Waals surface area contributed by atoms with E-state index < -0.39 is 0 Å². The van der Waals surface area contributed by atoms with E-state index in [1.807, 2.05) is 11.8 Å². The van der Waals surface area contributed by atoms with Crippen LogP contribution in [-0.4, -0.2) is 48.3 Å². The molecule has 0 saturated carbocycles. The lowest BCUT2D eigenvalue weighted by Gasteiger charge is -2.23. The maximum atomic E-state index is 8.61. The van der Waals surface area contributed by atoms with Crippen LogP contribution in [0.3, 0.4) is 0 Å². The Labute approximate surface area is 86.7 Å². The largest absolute Gasteiger partial charge is 0.396 e. The van der Waals surface area contributed by atoms with Crippen molar-refractivity contribution in [3.63, 3.8) is 0 Å². The summed E-state index contributed by atoms with van der Waals surface area (Å²) >= 11 is 1.90. The average molecular weight is 205 g/mol. The summed E-state index contributed by atoms with van der Waals surface area (Å²) in [7, 11) is 2.18. The number of aliphatic hydroxyl groups is 1. The second-order valence-electron chi connectivity index (χ2n) is 3.57. The van der Waals surface area contributed by atoms with Gasteiger partial charge in [0.25, 0.3) is 0 Å². The first-order valence-corrected chi connectivity index (χ1v) is 6.41. The second-order valence-corrected chi connectivity index (χ2v) is 4.48. The fraction of sp³-hybridized carbons (Fsp3) is 1.00. The van der Waals surface area contributed by atoms with Crippen molar-refractivity contribution in [3.8, 4) is 0 Å². The van der Waals surface area contributed by atoms with Crippen molar-refractivity contribution in [2.45, 2.75) is 32.2 Å². The lowest BCUT2D eigenvalue weighted by molar-refractivity contribution is 0.254. The first kappa shape index (κ1) is 13.3. The average Bonchev–Trinajstić information content (AvgIpc) is 2.12. The molecule has 0 saturated heterocycles. The number of hydrogen-bond donors (Lipinski definition) is 1. The minimum atomic E-state index is 0.337. The Morgan fingerprint density at radius 3 is 2.54 bits per heavy atom. The van der Waals surface area contributed by atoms with Crippen LogP contribution in [0.25, 0.3) is 0 Å². The van der Waals surface area contributed by atoms with Gasteiger partial charge in [0.2, 0.25) is 0 Å². The molecule has 0 spiro atoms. The fourth-order valence-corrected chi connectivity index (χ4v) is 1.98. The molecule has 0 heterocycles. The van der Waals surface area contributed by atoms with Crippen LogP contribution >= 0.6 is 11.8 Å². The Hall–Kier alpha value is 0.270. The van der Waals surface area contributed by atoms with Crippen molar-refractivity contribution in [2.24, 2.45) is 0 Å². The van der Waals surface area contributed by atoms with Crippen LogP contribution in [0.1, 0.15) is 26.2 Å². The quantitative estimate of drug-likeness (QED) is 0.612. The van der Waals surface area contributed by atoms with Crippen LogP contribution < -0.4 is 0 Å². The lowest BCUT2D eigenvalue weighted by Crippen LogP contribution is -2.31. The van der Waals surface area contributed by atoms with E-state index in [0.717, 1.165) is 19.4 Å². The number of thioether (sulfide) groups is 1. The Balaban J connectivity index is 3.32. The molecule has 0 aliphatic heterocycles. The van der Waals surface area contributed by atoms with Gasteiger partial charge in [0.05, 0.1) is 0 Å². The molecule has 0 fully saturated rings. The molecule has 0 bridgehead atoms. The highest BCUT2D eigenvalue weighted by atomic mass is 32.2. The third-order valence-corrected chi connectivity index (χ3v) is 3.14. The molecule has 0 aromatic heterocycles. The van der Waals surface area contributed by atoms with Crippen molar-refractivity contribution in [1.82, 2.24) is 4.90 Å². The van der Waals surface area contributed by atoms with Crippen LogP contribution in [0.5, 0.6) is 0 Å². The normalized spacial score (nSPS) is 13.6. The Morgan fingerprint density at radius 1 is 1.31 bits per heavy atom. The van der Waals surface area contributed by atoms with E-state index >= 15 is 0 Å². The predicted molar refractivity (Wildman–Crippen MR) is 61.4 cm³/mol. The Morgan fingerprint density at radius 2 is 2.00 bits per heavy atom.